The molecule has 1 aromatic heterocycles. The molecule has 0 aliphatic heterocycles. The Hall–Kier alpha value is -1.55. The summed E-state index contributed by atoms with van der Waals surface area (Å²) >= 11 is 3.42. The number of aromatic nitrogens is 1. The van der Waals surface area contributed by atoms with Gasteiger partial charge < -0.3 is 10.3 Å². The van der Waals surface area contributed by atoms with Gasteiger partial charge in [-0.05, 0) is 39.0 Å². The zero-order chi connectivity index (χ0) is 14.2. The Morgan fingerprint density at radius 2 is 1.95 bits per heavy atom. The number of hydrogen-bond acceptors (Lipinski definition) is 2. The van der Waals surface area contributed by atoms with Crippen LogP contribution in [0.3, 0.4) is 0 Å². The number of nitrogens with two attached hydrogens (primary N) is 1. The number of ketones is 1. The lowest BCUT2D eigenvalue weighted by molar-refractivity contribution is 0.102. The monoisotopic (exact) mass is 320 g/mol. The minimum absolute atomic E-state index is 0.0493. The second-order valence-corrected chi connectivity index (χ2v) is 5.72. The second kappa shape index (κ2) is 5.21. The van der Waals surface area contributed by atoms with Crippen LogP contribution in [0.4, 0.5) is 5.69 Å². The van der Waals surface area contributed by atoms with Crippen LogP contribution in [0.5, 0.6) is 0 Å². The first kappa shape index (κ1) is 13.9. The smallest absolute Gasteiger partial charge is 0.212 e. The summed E-state index contributed by atoms with van der Waals surface area (Å²) in [5, 5.41) is 0. The van der Waals surface area contributed by atoms with Gasteiger partial charge in [-0.15, -0.1) is 0 Å². The van der Waals surface area contributed by atoms with Crippen LogP contribution in [-0.2, 0) is 0 Å². The van der Waals surface area contributed by atoms with Gasteiger partial charge in [0.05, 0.1) is 5.69 Å². The van der Waals surface area contributed by atoms with Crippen LogP contribution in [0.2, 0.25) is 0 Å². The molecule has 0 spiro atoms. The van der Waals surface area contributed by atoms with Gasteiger partial charge in [-0.25, -0.2) is 0 Å². The number of aryl methyl sites for hydroxylation is 1. The lowest BCUT2D eigenvalue weighted by atomic mass is 10.1. The zero-order valence-electron chi connectivity index (χ0n) is 11.3. The van der Waals surface area contributed by atoms with E-state index in [4.69, 9.17) is 5.73 Å². The summed E-state index contributed by atoms with van der Waals surface area (Å²) in [6, 6.07) is 9.45. The molecule has 0 atom stereocenters. The largest absolute Gasteiger partial charge is 0.397 e. The van der Waals surface area contributed by atoms with Crippen molar-refractivity contribution >= 4 is 27.4 Å². The fourth-order valence-corrected chi connectivity index (χ4v) is 2.82. The maximum atomic E-state index is 12.7. The molecule has 2 rings (SSSR count). The molecule has 0 unspecified atom stereocenters. The van der Waals surface area contributed by atoms with Crippen molar-refractivity contribution in [2.75, 3.05) is 5.73 Å². The van der Waals surface area contributed by atoms with Crippen LogP contribution in [-0.4, -0.2) is 10.4 Å². The topological polar surface area (TPSA) is 48.0 Å². The molecule has 0 saturated carbocycles. The molecule has 100 valence electrons. The van der Waals surface area contributed by atoms with E-state index < -0.39 is 0 Å². The Labute approximate surface area is 121 Å². The Bertz CT molecular complexity index is 629. The molecule has 0 amide bonds. The highest BCUT2D eigenvalue weighted by atomic mass is 79.9. The summed E-state index contributed by atoms with van der Waals surface area (Å²) in [5.41, 5.74) is 8.75. The Morgan fingerprint density at radius 1 is 1.32 bits per heavy atom. The molecule has 0 radical (unpaired) electrons. The van der Waals surface area contributed by atoms with E-state index in [1.165, 1.54) is 0 Å². The summed E-state index contributed by atoms with van der Waals surface area (Å²) in [5.74, 6) is -0.0493. The molecule has 1 aromatic carbocycles. The number of benzene rings is 1. The highest BCUT2D eigenvalue weighted by molar-refractivity contribution is 9.10. The van der Waals surface area contributed by atoms with Gasteiger partial charge in [0.15, 0.2) is 0 Å². The Morgan fingerprint density at radius 3 is 2.53 bits per heavy atom. The third-order valence-corrected chi connectivity index (χ3v) is 3.80. The normalized spacial score (nSPS) is 11.0. The third kappa shape index (κ3) is 2.45. The first-order valence-corrected chi connectivity index (χ1v) is 6.99. The maximum Gasteiger partial charge on any atom is 0.212 e. The molecule has 3 nitrogen and oxygen atoms in total. The van der Waals surface area contributed by atoms with Crippen molar-refractivity contribution in [1.82, 2.24) is 4.57 Å². The minimum Gasteiger partial charge on any atom is -0.397 e. The molecule has 2 aromatic rings. The lowest BCUT2D eigenvalue weighted by Crippen LogP contribution is -2.15. The molecule has 1 heterocycles. The zero-order valence-corrected chi connectivity index (χ0v) is 12.9. The van der Waals surface area contributed by atoms with Crippen LogP contribution in [0, 0.1) is 6.92 Å². The number of rotatable bonds is 3. The predicted molar refractivity (Wildman–Crippen MR) is 81.5 cm³/mol. The van der Waals surface area contributed by atoms with Gasteiger partial charge in [0.2, 0.25) is 5.78 Å². The van der Waals surface area contributed by atoms with Gasteiger partial charge in [-0.3, -0.25) is 4.79 Å². The number of nitrogen functional groups attached to an aromatic ring is 1. The van der Waals surface area contributed by atoms with Crippen LogP contribution in [0.15, 0.2) is 34.8 Å². The molecule has 0 bridgehead atoms. The van der Waals surface area contributed by atoms with E-state index in [9.17, 15) is 4.79 Å². The number of carbonyl (C=O) groups excluding carboxylic acids is 1. The van der Waals surface area contributed by atoms with E-state index in [-0.39, 0.29) is 11.8 Å². The average Bonchev–Trinajstić information content (AvgIpc) is 2.64. The van der Waals surface area contributed by atoms with Crippen LogP contribution in [0.25, 0.3) is 0 Å². The summed E-state index contributed by atoms with van der Waals surface area (Å²) < 4.78 is 2.77. The number of carbonyl (C=O) groups is 1. The Kier molecular flexibility index (Phi) is 3.80. The van der Waals surface area contributed by atoms with Crippen molar-refractivity contribution in [2.24, 2.45) is 0 Å². The molecule has 19 heavy (non-hydrogen) atoms. The van der Waals surface area contributed by atoms with Crippen LogP contribution >= 0.6 is 15.9 Å². The van der Waals surface area contributed by atoms with E-state index in [0.29, 0.717) is 16.9 Å². The predicted octanol–water partition coefficient (Wildman–Crippen LogP) is 3.95. The summed E-state index contributed by atoms with van der Waals surface area (Å²) in [4.78, 5) is 12.7. The van der Waals surface area contributed by atoms with Crippen molar-refractivity contribution in [3.05, 3.63) is 51.8 Å². The van der Waals surface area contributed by atoms with Gasteiger partial charge in [-0.2, -0.15) is 0 Å². The quantitative estimate of drug-likeness (QED) is 0.870. The van der Waals surface area contributed by atoms with E-state index in [0.717, 1.165) is 10.2 Å². The number of anilines is 1. The van der Waals surface area contributed by atoms with Gasteiger partial charge in [0.1, 0.15) is 5.69 Å². The minimum atomic E-state index is -0.0493. The molecular weight excluding hydrogens is 304 g/mol. The fourth-order valence-electron chi connectivity index (χ4n) is 2.36. The SMILES string of the molecule is Cc1cc(N)c(C(=O)c2ccccc2Br)n1C(C)C. The second-order valence-electron chi connectivity index (χ2n) is 4.86. The molecule has 4 heteroatoms. The van der Waals surface area contributed by atoms with Crippen molar-refractivity contribution in [1.29, 1.82) is 0 Å². The van der Waals surface area contributed by atoms with E-state index in [2.05, 4.69) is 15.9 Å². The summed E-state index contributed by atoms with van der Waals surface area (Å²) in [6.45, 7) is 6.06. The highest BCUT2D eigenvalue weighted by Crippen LogP contribution is 2.27. The first-order valence-electron chi connectivity index (χ1n) is 6.20. The maximum absolute atomic E-state index is 12.7. The molecule has 0 aliphatic carbocycles. The molecule has 0 aliphatic rings. The van der Waals surface area contributed by atoms with E-state index in [1.54, 1.807) is 6.07 Å². The standard InChI is InChI=1S/C15H17BrN2O/c1-9(2)18-10(3)8-13(17)14(18)15(19)11-6-4-5-7-12(11)16/h4-9H,17H2,1-3H3. The number of hydrogen-bond donors (Lipinski definition) is 1. The van der Waals surface area contributed by atoms with Crippen LogP contribution in [0.1, 0.15) is 41.6 Å². The van der Waals surface area contributed by atoms with Crippen molar-refractivity contribution < 1.29 is 4.79 Å². The average molecular weight is 321 g/mol. The van der Waals surface area contributed by atoms with Gasteiger partial charge in [-0.1, -0.05) is 28.1 Å². The van der Waals surface area contributed by atoms with E-state index in [1.807, 2.05) is 49.6 Å². The Balaban J connectivity index is 2.60. The van der Waals surface area contributed by atoms with Gasteiger partial charge in [0.25, 0.3) is 0 Å². The van der Waals surface area contributed by atoms with Crippen molar-refractivity contribution in [3.63, 3.8) is 0 Å². The van der Waals surface area contributed by atoms with Gasteiger partial charge >= 0.3 is 0 Å². The van der Waals surface area contributed by atoms with E-state index >= 15 is 0 Å². The summed E-state index contributed by atoms with van der Waals surface area (Å²) in [6.07, 6.45) is 0. The van der Waals surface area contributed by atoms with Gasteiger partial charge in [0, 0.05) is 21.8 Å². The third-order valence-electron chi connectivity index (χ3n) is 3.11. The molecule has 2 N–H and O–H groups in total. The molecule has 0 saturated heterocycles. The van der Waals surface area contributed by atoms with Crippen molar-refractivity contribution in [3.8, 4) is 0 Å². The molecular formula is C15H17BrN2O. The lowest BCUT2D eigenvalue weighted by Gasteiger charge is -2.15. The number of nitrogens with zero attached hydrogens (tertiary/aromatic N) is 1. The fraction of sp³-hybridized carbons (Fsp3) is 0.267. The summed E-state index contributed by atoms with van der Waals surface area (Å²) in [7, 11) is 0. The molecule has 0 fully saturated rings. The van der Waals surface area contributed by atoms with Crippen LogP contribution < -0.4 is 5.73 Å². The first-order chi connectivity index (χ1) is 8.93. The number of halogens is 1. The van der Waals surface area contributed by atoms with Crippen molar-refractivity contribution in [2.45, 2.75) is 26.8 Å². The highest BCUT2D eigenvalue weighted by Gasteiger charge is 2.22.